The smallest absolute Gasteiger partial charge is 0.000740 e. The van der Waals surface area contributed by atoms with E-state index >= 15 is 0 Å². The van der Waals surface area contributed by atoms with Crippen molar-refractivity contribution in [2.75, 3.05) is 0 Å². The molecule has 0 heteroatoms. The molecular formula is C56H36. The maximum Gasteiger partial charge on any atom is -0.000740 e. The van der Waals surface area contributed by atoms with E-state index in [4.69, 9.17) is 0 Å². The van der Waals surface area contributed by atoms with Gasteiger partial charge in [-0.15, -0.1) is 0 Å². The third kappa shape index (κ3) is 3.61. The van der Waals surface area contributed by atoms with Crippen molar-refractivity contribution < 1.29 is 0 Å². The Balaban J connectivity index is 1.19. The zero-order chi connectivity index (χ0) is 37.1. The SMILES string of the molecule is Cc1cccc(-c2c3c(c(-c4cccc(C)c4)c4ccccc24)-c2ccc4c5ccc6c7c(ccc(c8ccc-3c2c84)c75)-c2c-6c(C)c3ccccc3c2C)c1. The summed E-state index contributed by atoms with van der Waals surface area (Å²) < 4.78 is 0. The van der Waals surface area contributed by atoms with Crippen LogP contribution in [0.2, 0.25) is 0 Å². The second kappa shape index (κ2) is 10.5. The largest absolute Gasteiger partial charge is 0.0616 e. The van der Waals surface area contributed by atoms with Gasteiger partial charge in [-0.3, -0.25) is 0 Å². The van der Waals surface area contributed by atoms with Crippen molar-refractivity contribution in [3.8, 4) is 66.8 Å². The Bertz CT molecular complexity index is 3380. The molecule has 0 N–H and O–H groups in total. The first-order valence-corrected chi connectivity index (χ1v) is 19.9. The predicted octanol–water partition coefficient (Wildman–Crippen LogP) is 15.9. The van der Waals surface area contributed by atoms with Crippen LogP contribution < -0.4 is 0 Å². The Labute approximate surface area is 325 Å². The molecule has 0 aliphatic heterocycles. The standard InChI is InChI=1S/C56H36/c1-29-11-9-13-33(27-29)49-37-17-7-8-18-38(37)50(34-14-10-12-30(2)28-34)56-46-26-22-42-40-20-24-44-48-32(4)36-16-6-5-15-35(36)31(3)47(48)43-23-19-39(51(40)53(43)44)41-21-25-45(55(49)56)54(46)52(41)42/h5-28H,1-4H3. The Morgan fingerprint density at radius 2 is 0.607 bits per heavy atom. The van der Waals surface area contributed by atoms with E-state index in [2.05, 4.69) is 173 Å². The molecule has 13 rings (SSSR count). The third-order valence-electron chi connectivity index (χ3n) is 13.5. The lowest BCUT2D eigenvalue weighted by Gasteiger charge is -2.21. The van der Waals surface area contributed by atoms with Gasteiger partial charge in [0.15, 0.2) is 0 Å². The lowest BCUT2D eigenvalue weighted by Crippen LogP contribution is -1.94. The molecule has 11 aromatic rings. The van der Waals surface area contributed by atoms with Crippen LogP contribution >= 0.6 is 0 Å². The summed E-state index contributed by atoms with van der Waals surface area (Å²) in [5.74, 6) is 0. The molecule has 0 fully saturated rings. The van der Waals surface area contributed by atoms with Gasteiger partial charge in [-0.05, 0) is 170 Å². The van der Waals surface area contributed by atoms with E-state index in [1.165, 1.54) is 154 Å². The highest BCUT2D eigenvalue weighted by Gasteiger charge is 2.34. The Hall–Kier alpha value is -6.76. The molecule has 0 amide bonds. The van der Waals surface area contributed by atoms with Gasteiger partial charge < -0.3 is 0 Å². The minimum atomic E-state index is 1.27. The van der Waals surface area contributed by atoms with Gasteiger partial charge in [-0.1, -0.05) is 157 Å². The molecule has 0 heterocycles. The third-order valence-corrected chi connectivity index (χ3v) is 13.5. The molecule has 2 aliphatic carbocycles. The van der Waals surface area contributed by atoms with E-state index in [1.807, 2.05) is 0 Å². The van der Waals surface area contributed by atoms with Gasteiger partial charge in [0.2, 0.25) is 0 Å². The minimum Gasteiger partial charge on any atom is -0.0616 e. The highest BCUT2D eigenvalue weighted by atomic mass is 14.4. The summed E-state index contributed by atoms with van der Waals surface area (Å²) in [5, 5.41) is 16.3. The van der Waals surface area contributed by atoms with E-state index in [0.717, 1.165) is 0 Å². The minimum absolute atomic E-state index is 1.27. The first-order valence-electron chi connectivity index (χ1n) is 19.9. The first-order chi connectivity index (χ1) is 27.5. The summed E-state index contributed by atoms with van der Waals surface area (Å²) in [4.78, 5) is 0. The van der Waals surface area contributed by atoms with Gasteiger partial charge in [0.05, 0.1) is 0 Å². The predicted molar refractivity (Wildman–Crippen MR) is 241 cm³/mol. The molecule has 260 valence electrons. The monoisotopic (exact) mass is 708 g/mol. The summed E-state index contributed by atoms with van der Waals surface area (Å²) >= 11 is 0. The number of rotatable bonds is 2. The van der Waals surface area contributed by atoms with Crippen LogP contribution in [0.4, 0.5) is 0 Å². The average molecular weight is 709 g/mol. The lowest BCUT2D eigenvalue weighted by molar-refractivity contribution is 1.47. The summed E-state index contributed by atoms with van der Waals surface area (Å²) in [6.07, 6.45) is 0. The fourth-order valence-corrected chi connectivity index (χ4v) is 11.4. The van der Waals surface area contributed by atoms with Gasteiger partial charge in [-0.25, -0.2) is 0 Å². The fourth-order valence-electron chi connectivity index (χ4n) is 11.4. The summed E-state index contributed by atoms with van der Waals surface area (Å²) in [6, 6.07) is 55.8. The van der Waals surface area contributed by atoms with Crippen molar-refractivity contribution in [2.45, 2.75) is 27.7 Å². The van der Waals surface area contributed by atoms with Gasteiger partial charge in [0.1, 0.15) is 0 Å². The summed E-state index contributed by atoms with van der Waals surface area (Å²) in [5.41, 5.74) is 21.5. The average Bonchev–Trinajstić information content (AvgIpc) is 3.75. The fraction of sp³-hybridized carbons (Fsp3) is 0.0714. The normalized spacial score (nSPS) is 12.6. The highest BCUT2D eigenvalue weighted by molar-refractivity contribution is 6.41. The van der Waals surface area contributed by atoms with Crippen LogP contribution in [0.25, 0.3) is 131 Å². The van der Waals surface area contributed by atoms with Crippen LogP contribution in [0.3, 0.4) is 0 Å². The Morgan fingerprint density at radius 3 is 0.982 bits per heavy atom. The molecule has 0 aromatic heterocycles. The molecule has 56 heavy (non-hydrogen) atoms. The van der Waals surface area contributed by atoms with Crippen molar-refractivity contribution in [3.05, 3.63) is 168 Å². The maximum atomic E-state index is 2.45. The number of benzene rings is 11. The zero-order valence-electron chi connectivity index (χ0n) is 31.9. The molecule has 0 radical (unpaired) electrons. The van der Waals surface area contributed by atoms with E-state index in [1.54, 1.807) is 0 Å². The van der Waals surface area contributed by atoms with Gasteiger partial charge in [-0.2, -0.15) is 0 Å². The molecular weight excluding hydrogens is 673 g/mol. The van der Waals surface area contributed by atoms with Crippen LogP contribution in [0, 0.1) is 27.7 Å². The second-order valence-electron chi connectivity index (χ2n) is 16.5. The van der Waals surface area contributed by atoms with Crippen molar-refractivity contribution in [2.24, 2.45) is 0 Å². The van der Waals surface area contributed by atoms with E-state index in [0.29, 0.717) is 0 Å². The van der Waals surface area contributed by atoms with Gasteiger partial charge in [0, 0.05) is 0 Å². The lowest BCUT2D eigenvalue weighted by atomic mass is 9.82. The summed E-state index contributed by atoms with van der Waals surface area (Å²) in [7, 11) is 0. The number of hydrogen-bond acceptors (Lipinski definition) is 0. The second-order valence-corrected chi connectivity index (χ2v) is 16.5. The quantitative estimate of drug-likeness (QED) is 0.124. The van der Waals surface area contributed by atoms with Crippen LogP contribution in [-0.4, -0.2) is 0 Å². The topological polar surface area (TPSA) is 0 Å². The van der Waals surface area contributed by atoms with Gasteiger partial charge in [0.25, 0.3) is 0 Å². The molecule has 0 nitrogen and oxygen atoms in total. The first kappa shape index (κ1) is 30.6. The zero-order valence-corrected chi connectivity index (χ0v) is 31.9. The molecule has 0 spiro atoms. The molecule has 2 aliphatic rings. The van der Waals surface area contributed by atoms with Crippen molar-refractivity contribution >= 4 is 64.6 Å². The van der Waals surface area contributed by atoms with E-state index in [9.17, 15) is 0 Å². The summed E-state index contributed by atoms with van der Waals surface area (Å²) in [6.45, 7) is 9.07. The van der Waals surface area contributed by atoms with Gasteiger partial charge >= 0.3 is 0 Å². The van der Waals surface area contributed by atoms with E-state index < -0.39 is 0 Å². The van der Waals surface area contributed by atoms with Crippen LogP contribution in [0.15, 0.2) is 146 Å². The Kier molecular flexibility index (Phi) is 5.73. The van der Waals surface area contributed by atoms with Crippen molar-refractivity contribution in [3.63, 3.8) is 0 Å². The van der Waals surface area contributed by atoms with Crippen LogP contribution in [0.5, 0.6) is 0 Å². The maximum absolute atomic E-state index is 2.45. The Morgan fingerprint density at radius 1 is 0.250 bits per heavy atom. The molecule has 0 saturated heterocycles. The highest BCUT2D eigenvalue weighted by Crippen LogP contribution is 2.61. The van der Waals surface area contributed by atoms with Crippen LogP contribution in [-0.2, 0) is 0 Å². The number of aryl methyl sites for hydroxylation is 4. The van der Waals surface area contributed by atoms with Crippen LogP contribution in [0.1, 0.15) is 22.3 Å². The molecule has 0 bridgehead atoms. The number of fused-ring (bicyclic) bond motifs is 10. The number of hydrogen-bond donors (Lipinski definition) is 0. The molecule has 0 atom stereocenters. The molecule has 0 unspecified atom stereocenters. The van der Waals surface area contributed by atoms with Crippen molar-refractivity contribution in [1.82, 2.24) is 0 Å². The van der Waals surface area contributed by atoms with E-state index in [-0.39, 0.29) is 0 Å². The van der Waals surface area contributed by atoms with Crippen molar-refractivity contribution in [1.29, 1.82) is 0 Å². The molecule has 0 saturated carbocycles. The molecule has 11 aromatic carbocycles.